The first-order chi connectivity index (χ1) is 8.77. The highest BCUT2D eigenvalue weighted by molar-refractivity contribution is 6.17. The molecule has 1 aliphatic heterocycles. The molecule has 0 fully saturated rings. The van der Waals surface area contributed by atoms with Crippen molar-refractivity contribution in [1.82, 2.24) is 0 Å². The summed E-state index contributed by atoms with van der Waals surface area (Å²) in [5.74, 6) is 0.454. The number of methoxy groups -OCH3 is 1. The van der Waals surface area contributed by atoms with Gasteiger partial charge in [-0.1, -0.05) is 37.6 Å². The Morgan fingerprint density at radius 2 is 2.17 bits per heavy atom. The van der Waals surface area contributed by atoms with E-state index in [2.05, 4.69) is 6.92 Å². The molecule has 1 heterocycles. The van der Waals surface area contributed by atoms with Crippen molar-refractivity contribution < 1.29 is 14.3 Å². The molecule has 0 atom stereocenters. The van der Waals surface area contributed by atoms with Crippen LogP contribution in [0.25, 0.3) is 5.57 Å². The first-order valence-electron chi connectivity index (χ1n) is 6.30. The molecule has 0 N–H and O–H groups in total. The minimum atomic E-state index is -0.312. The van der Waals surface area contributed by atoms with Crippen LogP contribution in [0, 0.1) is 0 Å². The lowest BCUT2D eigenvalue weighted by Crippen LogP contribution is -2.15. The molecule has 0 saturated carbocycles. The molecule has 0 spiro atoms. The standard InChI is InChI=1S/C15H18O3/c1-3-4-9-13-14(15(16)17-2)12-8-6-5-7-11(12)10-18-13/h5-8H,3-4,9-10H2,1-2H3. The number of rotatable bonds is 4. The predicted molar refractivity (Wildman–Crippen MR) is 69.7 cm³/mol. The summed E-state index contributed by atoms with van der Waals surface area (Å²) in [5.41, 5.74) is 2.58. The number of allylic oxidation sites excluding steroid dienone is 1. The van der Waals surface area contributed by atoms with Crippen molar-refractivity contribution in [3.05, 3.63) is 41.2 Å². The summed E-state index contributed by atoms with van der Waals surface area (Å²) in [7, 11) is 1.41. The van der Waals surface area contributed by atoms with Crippen LogP contribution in [0.2, 0.25) is 0 Å². The minimum absolute atomic E-state index is 0.312. The first-order valence-corrected chi connectivity index (χ1v) is 6.30. The maximum Gasteiger partial charge on any atom is 0.341 e. The normalized spacial score (nSPS) is 13.9. The third-order valence-corrected chi connectivity index (χ3v) is 3.11. The van der Waals surface area contributed by atoms with Crippen molar-refractivity contribution in [1.29, 1.82) is 0 Å². The Morgan fingerprint density at radius 3 is 2.89 bits per heavy atom. The third kappa shape index (κ3) is 2.40. The molecule has 0 amide bonds. The average Bonchev–Trinajstić information content (AvgIpc) is 2.43. The molecule has 1 aromatic rings. The SMILES string of the molecule is CCCCC1=C(C(=O)OC)c2ccccc2CO1. The van der Waals surface area contributed by atoms with Crippen molar-refractivity contribution in [3.63, 3.8) is 0 Å². The maximum atomic E-state index is 11.9. The summed E-state index contributed by atoms with van der Waals surface area (Å²) in [5, 5.41) is 0. The lowest BCUT2D eigenvalue weighted by molar-refractivity contribution is -0.134. The second kappa shape index (κ2) is 5.71. The van der Waals surface area contributed by atoms with E-state index in [0.717, 1.165) is 36.1 Å². The Labute approximate surface area is 107 Å². The topological polar surface area (TPSA) is 35.5 Å². The van der Waals surface area contributed by atoms with Crippen LogP contribution < -0.4 is 0 Å². The van der Waals surface area contributed by atoms with Gasteiger partial charge in [0.15, 0.2) is 0 Å². The van der Waals surface area contributed by atoms with E-state index in [1.54, 1.807) is 0 Å². The van der Waals surface area contributed by atoms with Gasteiger partial charge in [-0.05, 0) is 17.5 Å². The number of hydrogen-bond acceptors (Lipinski definition) is 3. The fraction of sp³-hybridized carbons (Fsp3) is 0.400. The zero-order valence-corrected chi connectivity index (χ0v) is 10.9. The molecule has 3 nitrogen and oxygen atoms in total. The first kappa shape index (κ1) is 12.7. The summed E-state index contributed by atoms with van der Waals surface area (Å²) in [6, 6.07) is 7.82. The van der Waals surface area contributed by atoms with E-state index in [4.69, 9.17) is 9.47 Å². The third-order valence-electron chi connectivity index (χ3n) is 3.11. The molecule has 0 unspecified atom stereocenters. The summed E-state index contributed by atoms with van der Waals surface area (Å²) < 4.78 is 10.6. The lowest BCUT2D eigenvalue weighted by Gasteiger charge is -2.22. The molecular formula is C15H18O3. The highest BCUT2D eigenvalue weighted by Crippen LogP contribution is 2.32. The van der Waals surface area contributed by atoms with Crippen LogP contribution in [-0.4, -0.2) is 13.1 Å². The average molecular weight is 246 g/mol. The van der Waals surface area contributed by atoms with Crippen LogP contribution in [0.1, 0.15) is 37.3 Å². The van der Waals surface area contributed by atoms with E-state index in [9.17, 15) is 4.79 Å². The minimum Gasteiger partial charge on any atom is -0.492 e. The predicted octanol–water partition coefficient (Wildman–Crippen LogP) is 3.29. The van der Waals surface area contributed by atoms with Gasteiger partial charge in [0.05, 0.1) is 7.11 Å². The maximum absolute atomic E-state index is 11.9. The molecule has 1 aliphatic rings. The lowest BCUT2D eigenvalue weighted by atomic mass is 9.95. The smallest absolute Gasteiger partial charge is 0.341 e. The zero-order valence-electron chi connectivity index (χ0n) is 10.9. The van der Waals surface area contributed by atoms with Crippen LogP contribution in [-0.2, 0) is 20.9 Å². The largest absolute Gasteiger partial charge is 0.492 e. The Balaban J connectivity index is 2.43. The quantitative estimate of drug-likeness (QED) is 0.765. The molecular weight excluding hydrogens is 228 g/mol. The van der Waals surface area contributed by atoms with Crippen molar-refractivity contribution in [2.75, 3.05) is 7.11 Å². The van der Waals surface area contributed by atoms with E-state index in [1.807, 2.05) is 24.3 Å². The van der Waals surface area contributed by atoms with Crippen LogP contribution in [0.4, 0.5) is 0 Å². The molecule has 3 heteroatoms. The molecule has 1 aromatic carbocycles. The van der Waals surface area contributed by atoms with E-state index in [0.29, 0.717) is 12.2 Å². The summed E-state index contributed by atoms with van der Waals surface area (Å²) in [6.45, 7) is 2.66. The van der Waals surface area contributed by atoms with Gasteiger partial charge in [0, 0.05) is 6.42 Å². The number of ether oxygens (including phenoxy) is 2. The van der Waals surface area contributed by atoms with Gasteiger partial charge in [0.1, 0.15) is 17.9 Å². The Kier molecular flexibility index (Phi) is 4.03. The number of unbranched alkanes of at least 4 members (excludes halogenated alkanes) is 1. The van der Waals surface area contributed by atoms with Gasteiger partial charge in [0.2, 0.25) is 0 Å². The number of carbonyl (C=O) groups excluding carboxylic acids is 1. The molecule has 2 rings (SSSR count). The summed E-state index contributed by atoms with van der Waals surface area (Å²) in [6.07, 6.45) is 2.87. The summed E-state index contributed by atoms with van der Waals surface area (Å²) in [4.78, 5) is 11.9. The van der Waals surface area contributed by atoms with Gasteiger partial charge in [-0.3, -0.25) is 0 Å². The Bertz CT molecular complexity index is 474. The molecule has 0 radical (unpaired) electrons. The zero-order chi connectivity index (χ0) is 13.0. The summed E-state index contributed by atoms with van der Waals surface area (Å²) >= 11 is 0. The molecule has 96 valence electrons. The van der Waals surface area contributed by atoms with Crippen molar-refractivity contribution in [2.45, 2.75) is 32.8 Å². The fourth-order valence-electron chi connectivity index (χ4n) is 2.14. The van der Waals surface area contributed by atoms with Crippen molar-refractivity contribution >= 4 is 11.5 Å². The Morgan fingerprint density at radius 1 is 1.39 bits per heavy atom. The second-order valence-corrected chi connectivity index (χ2v) is 4.34. The van der Waals surface area contributed by atoms with Gasteiger partial charge >= 0.3 is 5.97 Å². The fourth-order valence-corrected chi connectivity index (χ4v) is 2.14. The molecule has 18 heavy (non-hydrogen) atoms. The molecule has 0 aliphatic carbocycles. The van der Waals surface area contributed by atoms with Crippen molar-refractivity contribution in [2.24, 2.45) is 0 Å². The molecule has 0 saturated heterocycles. The number of fused-ring (bicyclic) bond motifs is 1. The van der Waals surface area contributed by atoms with Gasteiger partial charge < -0.3 is 9.47 Å². The second-order valence-electron chi connectivity index (χ2n) is 4.34. The number of carbonyl (C=O) groups is 1. The van der Waals surface area contributed by atoms with Crippen LogP contribution >= 0.6 is 0 Å². The Hall–Kier alpha value is -1.77. The molecule has 0 bridgehead atoms. The van der Waals surface area contributed by atoms with E-state index in [1.165, 1.54) is 7.11 Å². The number of benzene rings is 1. The van der Waals surface area contributed by atoms with E-state index in [-0.39, 0.29) is 5.97 Å². The molecule has 0 aromatic heterocycles. The van der Waals surface area contributed by atoms with Crippen LogP contribution in [0.15, 0.2) is 30.0 Å². The van der Waals surface area contributed by atoms with Gasteiger partial charge in [-0.2, -0.15) is 0 Å². The highest BCUT2D eigenvalue weighted by Gasteiger charge is 2.25. The van der Waals surface area contributed by atoms with Crippen molar-refractivity contribution in [3.8, 4) is 0 Å². The van der Waals surface area contributed by atoms with Crippen LogP contribution in [0.5, 0.6) is 0 Å². The van der Waals surface area contributed by atoms with E-state index >= 15 is 0 Å². The van der Waals surface area contributed by atoms with Gasteiger partial charge in [0.25, 0.3) is 0 Å². The van der Waals surface area contributed by atoms with Gasteiger partial charge in [-0.25, -0.2) is 4.79 Å². The number of esters is 1. The van der Waals surface area contributed by atoms with Gasteiger partial charge in [-0.15, -0.1) is 0 Å². The highest BCUT2D eigenvalue weighted by atomic mass is 16.5. The van der Waals surface area contributed by atoms with E-state index < -0.39 is 0 Å². The van der Waals surface area contributed by atoms with Crippen LogP contribution in [0.3, 0.4) is 0 Å². The monoisotopic (exact) mass is 246 g/mol. The number of hydrogen-bond donors (Lipinski definition) is 0.